The first kappa shape index (κ1) is 16.7. The largest absolute Gasteiger partial charge is 0.355 e. The number of halogens is 2. The molecule has 0 radical (unpaired) electrons. The van der Waals surface area contributed by atoms with E-state index in [0.29, 0.717) is 13.1 Å². The van der Waals surface area contributed by atoms with Crippen molar-refractivity contribution in [1.82, 2.24) is 10.2 Å². The zero-order valence-electron chi connectivity index (χ0n) is 11.9. The van der Waals surface area contributed by atoms with Gasteiger partial charge in [0.15, 0.2) is 0 Å². The molecular formula is C15H21BrClN3O. The number of carbonyl (C=O) groups excluding carboxylic acids is 1. The van der Waals surface area contributed by atoms with Gasteiger partial charge in [0.1, 0.15) is 0 Å². The summed E-state index contributed by atoms with van der Waals surface area (Å²) in [6, 6.07) is 5.97. The smallest absolute Gasteiger partial charge is 0.224 e. The summed E-state index contributed by atoms with van der Waals surface area (Å²) in [6.45, 7) is 3.72. The summed E-state index contributed by atoms with van der Waals surface area (Å²) in [5.74, 6) is 0.198. The van der Waals surface area contributed by atoms with Crippen molar-refractivity contribution in [2.45, 2.75) is 19.4 Å². The molecule has 21 heavy (non-hydrogen) atoms. The standard InChI is InChI=1S/C15H21BrClN3O/c16-13-8-11(3-4-14(13)17)9-20-7-1-2-12(10-20)15(21)19-6-5-18/h3-4,8,12H,1-2,5-7,9-10,18H2,(H,19,21). The Kier molecular flexibility index (Phi) is 6.48. The number of carbonyl (C=O) groups is 1. The number of nitrogens with zero attached hydrogens (tertiary/aromatic N) is 1. The predicted molar refractivity (Wildman–Crippen MR) is 89.2 cm³/mol. The molecule has 1 aliphatic rings. The molecule has 116 valence electrons. The monoisotopic (exact) mass is 373 g/mol. The molecule has 6 heteroatoms. The molecule has 0 aliphatic carbocycles. The zero-order valence-corrected chi connectivity index (χ0v) is 14.3. The van der Waals surface area contributed by atoms with Crippen molar-refractivity contribution in [1.29, 1.82) is 0 Å². The molecule has 1 aromatic rings. The molecule has 1 saturated heterocycles. The zero-order chi connectivity index (χ0) is 15.2. The lowest BCUT2D eigenvalue weighted by Crippen LogP contribution is -2.43. The van der Waals surface area contributed by atoms with Gasteiger partial charge in [-0.3, -0.25) is 9.69 Å². The van der Waals surface area contributed by atoms with Gasteiger partial charge in [-0.2, -0.15) is 0 Å². The van der Waals surface area contributed by atoms with Crippen molar-refractivity contribution in [3.8, 4) is 0 Å². The number of benzene rings is 1. The third-order valence-corrected chi connectivity index (χ3v) is 4.92. The lowest BCUT2D eigenvalue weighted by Gasteiger charge is -2.32. The van der Waals surface area contributed by atoms with Crippen molar-refractivity contribution >= 4 is 33.4 Å². The van der Waals surface area contributed by atoms with Gasteiger partial charge in [-0.25, -0.2) is 0 Å². The minimum Gasteiger partial charge on any atom is -0.355 e. The van der Waals surface area contributed by atoms with Crippen molar-refractivity contribution in [3.63, 3.8) is 0 Å². The topological polar surface area (TPSA) is 58.4 Å². The summed E-state index contributed by atoms with van der Waals surface area (Å²) in [5.41, 5.74) is 6.62. The number of nitrogens with two attached hydrogens (primary N) is 1. The van der Waals surface area contributed by atoms with Crippen LogP contribution in [0.2, 0.25) is 5.02 Å². The number of likely N-dealkylation sites (tertiary alicyclic amines) is 1. The van der Waals surface area contributed by atoms with E-state index in [1.807, 2.05) is 18.2 Å². The van der Waals surface area contributed by atoms with Crippen LogP contribution >= 0.6 is 27.5 Å². The van der Waals surface area contributed by atoms with Crippen LogP contribution < -0.4 is 11.1 Å². The first-order chi connectivity index (χ1) is 10.1. The van der Waals surface area contributed by atoms with Crippen LogP contribution in [0.4, 0.5) is 0 Å². The average Bonchev–Trinajstić information content (AvgIpc) is 2.49. The maximum atomic E-state index is 12.0. The maximum absolute atomic E-state index is 12.0. The van der Waals surface area contributed by atoms with E-state index in [2.05, 4.69) is 26.1 Å². The fraction of sp³-hybridized carbons (Fsp3) is 0.533. The molecule has 1 aliphatic heterocycles. The molecule has 1 amide bonds. The Labute approximate surface area is 139 Å². The number of hydrogen-bond acceptors (Lipinski definition) is 3. The van der Waals surface area contributed by atoms with Crippen LogP contribution in [0.3, 0.4) is 0 Å². The van der Waals surface area contributed by atoms with Gasteiger partial charge < -0.3 is 11.1 Å². The molecule has 0 aromatic heterocycles. The molecule has 1 fully saturated rings. The summed E-state index contributed by atoms with van der Waals surface area (Å²) >= 11 is 9.46. The van der Waals surface area contributed by atoms with E-state index in [1.54, 1.807) is 0 Å². The molecule has 0 bridgehead atoms. The number of amides is 1. The Morgan fingerprint density at radius 1 is 1.52 bits per heavy atom. The Hall–Kier alpha value is -0.620. The van der Waals surface area contributed by atoms with Gasteiger partial charge >= 0.3 is 0 Å². The van der Waals surface area contributed by atoms with Crippen LogP contribution in [0.1, 0.15) is 18.4 Å². The third-order valence-electron chi connectivity index (χ3n) is 3.71. The van der Waals surface area contributed by atoms with E-state index in [1.165, 1.54) is 5.56 Å². The maximum Gasteiger partial charge on any atom is 0.224 e. The highest BCUT2D eigenvalue weighted by molar-refractivity contribution is 9.10. The predicted octanol–water partition coefficient (Wildman–Crippen LogP) is 2.39. The van der Waals surface area contributed by atoms with Crippen LogP contribution in [-0.4, -0.2) is 37.0 Å². The number of nitrogens with one attached hydrogen (secondary N) is 1. The van der Waals surface area contributed by atoms with Crippen molar-refractivity contribution in [3.05, 3.63) is 33.3 Å². The third kappa shape index (κ3) is 4.95. The second-order valence-corrected chi connectivity index (χ2v) is 6.66. The SMILES string of the molecule is NCCNC(=O)C1CCCN(Cc2ccc(Cl)c(Br)c2)C1. The summed E-state index contributed by atoms with van der Waals surface area (Å²) in [5, 5.41) is 3.61. The molecule has 3 N–H and O–H groups in total. The van der Waals surface area contributed by atoms with Crippen LogP contribution in [0.25, 0.3) is 0 Å². The molecule has 0 saturated carbocycles. The minimum atomic E-state index is 0.0704. The number of hydrogen-bond donors (Lipinski definition) is 2. The van der Waals surface area contributed by atoms with Crippen LogP contribution in [0, 0.1) is 5.92 Å². The van der Waals surface area contributed by atoms with Gasteiger partial charge in [-0.15, -0.1) is 0 Å². The number of rotatable bonds is 5. The Balaban J connectivity index is 1.91. The van der Waals surface area contributed by atoms with E-state index < -0.39 is 0 Å². The molecule has 1 unspecified atom stereocenters. The quantitative estimate of drug-likeness (QED) is 0.832. The van der Waals surface area contributed by atoms with Gasteiger partial charge in [0, 0.05) is 30.7 Å². The highest BCUT2D eigenvalue weighted by Gasteiger charge is 2.25. The van der Waals surface area contributed by atoms with Crippen molar-refractivity contribution in [2.24, 2.45) is 11.7 Å². The van der Waals surface area contributed by atoms with Crippen LogP contribution in [-0.2, 0) is 11.3 Å². The van der Waals surface area contributed by atoms with E-state index in [0.717, 1.165) is 42.0 Å². The molecule has 2 rings (SSSR count). The summed E-state index contributed by atoms with van der Waals surface area (Å²) in [4.78, 5) is 14.4. The van der Waals surface area contributed by atoms with Gasteiger partial charge in [-0.1, -0.05) is 17.7 Å². The Morgan fingerprint density at radius 2 is 2.33 bits per heavy atom. The highest BCUT2D eigenvalue weighted by Crippen LogP contribution is 2.25. The summed E-state index contributed by atoms with van der Waals surface area (Å²) in [6.07, 6.45) is 2.01. The van der Waals surface area contributed by atoms with Crippen molar-refractivity contribution < 1.29 is 4.79 Å². The second kappa shape index (κ2) is 8.13. The molecule has 1 atom stereocenters. The van der Waals surface area contributed by atoms with Crippen molar-refractivity contribution in [2.75, 3.05) is 26.2 Å². The van der Waals surface area contributed by atoms with Gasteiger partial charge in [0.25, 0.3) is 0 Å². The minimum absolute atomic E-state index is 0.0704. The lowest BCUT2D eigenvalue weighted by atomic mass is 9.96. The summed E-state index contributed by atoms with van der Waals surface area (Å²) in [7, 11) is 0. The second-order valence-electron chi connectivity index (χ2n) is 5.40. The molecule has 1 heterocycles. The number of piperidine rings is 1. The molecule has 1 aromatic carbocycles. The van der Waals surface area contributed by atoms with E-state index >= 15 is 0 Å². The average molecular weight is 375 g/mol. The molecule has 0 spiro atoms. The van der Waals surface area contributed by atoms with E-state index in [9.17, 15) is 4.79 Å². The Bertz CT molecular complexity index is 498. The van der Waals surface area contributed by atoms with E-state index in [-0.39, 0.29) is 11.8 Å². The van der Waals surface area contributed by atoms with Gasteiger partial charge in [0.05, 0.1) is 10.9 Å². The lowest BCUT2D eigenvalue weighted by molar-refractivity contribution is -0.126. The first-order valence-corrected chi connectivity index (χ1v) is 8.41. The van der Waals surface area contributed by atoms with Gasteiger partial charge in [-0.05, 0) is 53.0 Å². The fourth-order valence-corrected chi connectivity index (χ4v) is 3.19. The van der Waals surface area contributed by atoms with Crippen LogP contribution in [0.15, 0.2) is 22.7 Å². The first-order valence-electron chi connectivity index (χ1n) is 7.24. The fourth-order valence-electron chi connectivity index (χ4n) is 2.65. The summed E-state index contributed by atoms with van der Waals surface area (Å²) < 4.78 is 0.913. The molecular weight excluding hydrogens is 354 g/mol. The van der Waals surface area contributed by atoms with E-state index in [4.69, 9.17) is 17.3 Å². The highest BCUT2D eigenvalue weighted by atomic mass is 79.9. The Morgan fingerprint density at radius 3 is 3.05 bits per heavy atom. The van der Waals surface area contributed by atoms with Gasteiger partial charge in [0.2, 0.25) is 5.91 Å². The normalized spacial score (nSPS) is 19.5. The molecule has 4 nitrogen and oxygen atoms in total. The van der Waals surface area contributed by atoms with Crippen LogP contribution in [0.5, 0.6) is 0 Å².